The van der Waals surface area contributed by atoms with Gasteiger partial charge in [0.2, 0.25) is 0 Å². The molecule has 3 heterocycles. The van der Waals surface area contributed by atoms with Crippen LogP contribution in [0, 0.1) is 0 Å². The van der Waals surface area contributed by atoms with Crippen molar-refractivity contribution in [3.8, 4) is 17.0 Å². The van der Waals surface area contributed by atoms with Gasteiger partial charge >= 0.3 is 5.69 Å². The normalized spacial score (nSPS) is 15.7. The third-order valence-corrected chi connectivity index (χ3v) is 6.34. The molecule has 4 aromatic rings. The van der Waals surface area contributed by atoms with E-state index < -0.39 is 6.10 Å². The minimum atomic E-state index is -0.499. The van der Waals surface area contributed by atoms with Gasteiger partial charge in [-0.1, -0.05) is 41.9 Å². The number of halogens is 1. The van der Waals surface area contributed by atoms with Crippen molar-refractivity contribution < 1.29 is 9.47 Å². The molecule has 0 spiro atoms. The molecule has 1 aliphatic rings. The molecular weight excluding hydrogens is 430 g/mol. The highest BCUT2D eigenvalue weighted by molar-refractivity contribution is 6.30. The lowest BCUT2D eigenvalue weighted by Crippen LogP contribution is -2.37. The van der Waals surface area contributed by atoms with Crippen molar-refractivity contribution in [2.75, 3.05) is 13.7 Å². The average Bonchev–Trinajstić information content (AvgIpc) is 3.17. The predicted octanol–water partition coefficient (Wildman–Crippen LogP) is 3.49. The molecule has 2 aromatic carbocycles. The Kier molecular flexibility index (Phi) is 4.95. The SMILES string of the molecule is COc1ccccc1[C@H]1OCCn2c(-c3ccc(Cl)cc3)c3c(=O)n(C)c(=O)n(C)c3c21. The number of benzene rings is 2. The van der Waals surface area contributed by atoms with Gasteiger partial charge in [0.1, 0.15) is 11.9 Å². The first kappa shape index (κ1) is 20.6. The zero-order chi connectivity index (χ0) is 22.6. The molecule has 0 unspecified atom stereocenters. The summed E-state index contributed by atoms with van der Waals surface area (Å²) >= 11 is 6.12. The van der Waals surface area contributed by atoms with Crippen LogP contribution in [0.1, 0.15) is 17.4 Å². The Morgan fingerprint density at radius 2 is 1.75 bits per heavy atom. The first-order chi connectivity index (χ1) is 15.4. The second-order valence-electron chi connectivity index (χ2n) is 7.81. The van der Waals surface area contributed by atoms with Gasteiger partial charge in [-0.3, -0.25) is 13.9 Å². The number of hydrogen-bond donors (Lipinski definition) is 0. The van der Waals surface area contributed by atoms with E-state index in [1.54, 1.807) is 26.3 Å². The van der Waals surface area contributed by atoms with Gasteiger partial charge in [0.25, 0.3) is 5.56 Å². The Labute approximate surface area is 189 Å². The maximum atomic E-state index is 13.4. The first-order valence-electron chi connectivity index (χ1n) is 10.3. The van der Waals surface area contributed by atoms with E-state index in [9.17, 15) is 9.59 Å². The summed E-state index contributed by atoms with van der Waals surface area (Å²) in [5, 5.41) is 1.09. The Bertz CT molecular complexity index is 1460. The van der Waals surface area contributed by atoms with Gasteiger partial charge < -0.3 is 14.0 Å². The fourth-order valence-electron chi connectivity index (χ4n) is 4.61. The van der Waals surface area contributed by atoms with Gasteiger partial charge in [-0.15, -0.1) is 0 Å². The van der Waals surface area contributed by atoms with E-state index in [1.165, 1.54) is 11.6 Å². The van der Waals surface area contributed by atoms with E-state index in [0.29, 0.717) is 34.8 Å². The van der Waals surface area contributed by atoms with Crippen LogP contribution in [0.4, 0.5) is 0 Å². The second-order valence-corrected chi connectivity index (χ2v) is 8.25. The lowest BCUT2D eigenvalue weighted by molar-refractivity contribution is 0.0464. The van der Waals surface area contributed by atoms with E-state index >= 15 is 0 Å². The standard InChI is InChI=1S/C24H22ClN3O4/c1-26-20-18(23(29)27(2)24(26)30)19(14-8-10-15(25)11-9-14)28-12-13-32-22(21(20)28)16-6-4-5-7-17(16)31-3/h4-11,22H,12-13H2,1-3H3/t22-/m1/s1. The molecule has 0 amide bonds. The second kappa shape index (κ2) is 7.69. The molecule has 0 N–H and O–H groups in total. The zero-order valence-corrected chi connectivity index (χ0v) is 18.7. The Morgan fingerprint density at radius 1 is 1.03 bits per heavy atom. The number of rotatable bonds is 3. The molecule has 0 saturated heterocycles. The molecule has 5 rings (SSSR count). The number of ether oxygens (including phenoxy) is 2. The fraction of sp³-hybridized carbons (Fsp3) is 0.250. The summed E-state index contributed by atoms with van der Waals surface area (Å²) in [6.45, 7) is 0.997. The minimum Gasteiger partial charge on any atom is -0.496 e. The van der Waals surface area contributed by atoms with Crippen molar-refractivity contribution in [2.24, 2.45) is 14.1 Å². The highest BCUT2D eigenvalue weighted by Gasteiger charge is 2.34. The van der Waals surface area contributed by atoms with Crippen LogP contribution in [0.5, 0.6) is 5.75 Å². The number of hydrogen-bond acceptors (Lipinski definition) is 4. The van der Waals surface area contributed by atoms with E-state index in [1.807, 2.05) is 36.4 Å². The number of aromatic nitrogens is 3. The van der Waals surface area contributed by atoms with Crippen molar-refractivity contribution in [1.29, 1.82) is 0 Å². The summed E-state index contributed by atoms with van der Waals surface area (Å²) in [5.41, 5.74) is 3.05. The summed E-state index contributed by atoms with van der Waals surface area (Å²) in [5.74, 6) is 0.683. The zero-order valence-electron chi connectivity index (χ0n) is 18.0. The summed E-state index contributed by atoms with van der Waals surface area (Å²) in [6.07, 6.45) is -0.499. The highest BCUT2D eigenvalue weighted by Crippen LogP contribution is 2.42. The summed E-state index contributed by atoms with van der Waals surface area (Å²) in [6, 6.07) is 15.0. The van der Waals surface area contributed by atoms with Crippen LogP contribution in [-0.4, -0.2) is 27.4 Å². The van der Waals surface area contributed by atoms with Gasteiger partial charge in [0.15, 0.2) is 0 Å². The average molecular weight is 452 g/mol. The monoisotopic (exact) mass is 451 g/mol. The van der Waals surface area contributed by atoms with Crippen LogP contribution < -0.4 is 16.0 Å². The van der Waals surface area contributed by atoms with E-state index in [0.717, 1.165) is 27.1 Å². The van der Waals surface area contributed by atoms with Crippen molar-refractivity contribution in [3.63, 3.8) is 0 Å². The van der Waals surface area contributed by atoms with Crippen LogP contribution in [0.15, 0.2) is 58.1 Å². The lowest BCUT2D eigenvalue weighted by Gasteiger charge is -2.28. The molecular formula is C24H22ClN3O4. The van der Waals surface area contributed by atoms with E-state index in [-0.39, 0.29) is 11.2 Å². The van der Waals surface area contributed by atoms with Crippen LogP contribution >= 0.6 is 11.6 Å². The Hall–Kier alpha value is -3.29. The minimum absolute atomic E-state index is 0.339. The summed E-state index contributed by atoms with van der Waals surface area (Å²) in [4.78, 5) is 26.3. The molecule has 32 heavy (non-hydrogen) atoms. The molecule has 8 heteroatoms. The molecule has 0 radical (unpaired) electrons. The van der Waals surface area contributed by atoms with Crippen molar-refractivity contribution in [2.45, 2.75) is 12.6 Å². The smallest absolute Gasteiger partial charge is 0.331 e. The third-order valence-electron chi connectivity index (χ3n) is 6.09. The van der Waals surface area contributed by atoms with Gasteiger partial charge in [0, 0.05) is 31.2 Å². The molecule has 0 fully saturated rings. The van der Waals surface area contributed by atoms with Gasteiger partial charge in [-0.25, -0.2) is 4.79 Å². The third kappa shape index (κ3) is 2.92. The van der Waals surface area contributed by atoms with Crippen molar-refractivity contribution in [1.82, 2.24) is 13.7 Å². The predicted molar refractivity (Wildman–Crippen MR) is 124 cm³/mol. The number of fused-ring (bicyclic) bond motifs is 3. The van der Waals surface area contributed by atoms with E-state index in [2.05, 4.69) is 4.57 Å². The summed E-state index contributed by atoms with van der Waals surface area (Å²) in [7, 11) is 4.80. The number of methoxy groups -OCH3 is 1. The van der Waals surface area contributed by atoms with Crippen LogP contribution in [0.25, 0.3) is 22.2 Å². The topological polar surface area (TPSA) is 67.4 Å². The number of para-hydroxylation sites is 1. The maximum Gasteiger partial charge on any atom is 0.331 e. The number of aryl methyl sites for hydroxylation is 1. The van der Waals surface area contributed by atoms with Crippen molar-refractivity contribution in [3.05, 3.63) is 85.6 Å². The van der Waals surface area contributed by atoms with Crippen LogP contribution in [-0.2, 0) is 25.4 Å². The molecule has 7 nitrogen and oxygen atoms in total. The molecule has 0 aliphatic carbocycles. The Morgan fingerprint density at radius 3 is 2.47 bits per heavy atom. The quantitative estimate of drug-likeness (QED) is 0.478. The van der Waals surface area contributed by atoms with Crippen molar-refractivity contribution >= 4 is 22.5 Å². The van der Waals surface area contributed by atoms with Crippen LogP contribution in [0.3, 0.4) is 0 Å². The molecule has 2 aromatic heterocycles. The maximum absolute atomic E-state index is 13.4. The summed E-state index contributed by atoms with van der Waals surface area (Å²) < 4.78 is 16.6. The largest absolute Gasteiger partial charge is 0.496 e. The fourth-order valence-corrected chi connectivity index (χ4v) is 4.73. The highest BCUT2D eigenvalue weighted by atomic mass is 35.5. The number of nitrogens with zero attached hydrogens (tertiary/aromatic N) is 3. The van der Waals surface area contributed by atoms with Gasteiger partial charge in [-0.05, 0) is 23.8 Å². The molecule has 0 bridgehead atoms. The Balaban J connectivity index is 1.94. The van der Waals surface area contributed by atoms with Crippen LogP contribution in [0.2, 0.25) is 5.02 Å². The molecule has 0 saturated carbocycles. The molecule has 1 atom stereocenters. The lowest BCUT2D eigenvalue weighted by atomic mass is 10.0. The van der Waals surface area contributed by atoms with E-state index in [4.69, 9.17) is 21.1 Å². The van der Waals surface area contributed by atoms with Gasteiger partial charge in [-0.2, -0.15) is 0 Å². The first-order valence-corrected chi connectivity index (χ1v) is 10.6. The van der Waals surface area contributed by atoms with Gasteiger partial charge in [0.05, 0.1) is 36.0 Å². The molecule has 164 valence electrons. The molecule has 1 aliphatic heterocycles.